The fourth-order valence-electron chi connectivity index (χ4n) is 6.80. The quantitative estimate of drug-likeness (QED) is 0.401. The van der Waals surface area contributed by atoms with Gasteiger partial charge in [0.05, 0.1) is 18.3 Å². The Labute approximate surface area is 256 Å². The zero-order valence-electron chi connectivity index (χ0n) is 24.2. The number of carbonyl (C=O) groups is 3. The summed E-state index contributed by atoms with van der Waals surface area (Å²) in [6, 6.07) is 15.9. The SMILES string of the molecule is O=C(NC(Cc1ccc(Cl)cc1)C(=O)N1CCC(N(C(=O)c2ccno2)C2CCCCC2)C1)C1Cc2ccccc2CN1. The molecule has 6 rings (SSSR count). The molecule has 0 bridgehead atoms. The molecule has 2 fully saturated rings. The molecule has 0 spiro atoms. The number of hydrogen-bond acceptors (Lipinski definition) is 6. The second kappa shape index (κ2) is 13.3. The summed E-state index contributed by atoms with van der Waals surface area (Å²) in [5, 5.41) is 10.8. The van der Waals surface area contributed by atoms with Crippen LogP contribution in [-0.2, 0) is 29.0 Å². The Bertz CT molecular complexity index is 1420. The molecular formula is C33H38ClN5O4. The van der Waals surface area contributed by atoms with E-state index in [4.69, 9.17) is 16.1 Å². The number of carbonyl (C=O) groups excluding carboxylic acids is 3. The normalized spacial score (nSPS) is 21.2. The summed E-state index contributed by atoms with van der Waals surface area (Å²) >= 11 is 6.12. The number of likely N-dealkylation sites (tertiary alicyclic amines) is 1. The van der Waals surface area contributed by atoms with Crippen molar-refractivity contribution in [2.75, 3.05) is 13.1 Å². The smallest absolute Gasteiger partial charge is 0.293 e. The van der Waals surface area contributed by atoms with Gasteiger partial charge in [-0.15, -0.1) is 0 Å². The van der Waals surface area contributed by atoms with E-state index in [-0.39, 0.29) is 35.6 Å². The van der Waals surface area contributed by atoms with Crippen LogP contribution < -0.4 is 10.6 Å². The van der Waals surface area contributed by atoms with E-state index in [1.807, 2.05) is 29.2 Å². The number of amides is 3. The molecule has 1 saturated heterocycles. The van der Waals surface area contributed by atoms with Crippen LogP contribution in [0.5, 0.6) is 0 Å². The molecule has 3 heterocycles. The highest BCUT2D eigenvalue weighted by Crippen LogP contribution is 2.29. The van der Waals surface area contributed by atoms with E-state index < -0.39 is 12.1 Å². The minimum Gasteiger partial charge on any atom is -0.351 e. The average Bonchev–Trinajstić information content (AvgIpc) is 3.75. The van der Waals surface area contributed by atoms with Gasteiger partial charge in [0, 0.05) is 43.2 Å². The number of hydrogen-bond donors (Lipinski definition) is 2. The highest BCUT2D eigenvalue weighted by atomic mass is 35.5. The van der Waals surface area contributed by atoms with E-state index in [9.17, 15) is 14.4 Å². The molecule has 2 aliphatic heterocycles. The third kappa shape index (κ3) is 6.78. The zero-order chi connectivity index (χ0) is 29.8. The van der Waals surface area contributed by atoms with Crippen LogP contribution in [0.4, 0.5) is 0 Å². The van der Waals surface area contributed by atoms with Crippen molar-refractivity contribution < 1.29 is 18.9 Å². The maximum atomic E-state index is 14.1. The van der Waals surface area contributed by atoms with Crippen LogP contribution >= 0.6 is 11.6 Å². The predicted octanol–water partition coefficient (Wildman–Crippen LogP) is 4.15. The summed E-state index contributed by atoms with van der Waals surface area (Å²) in [7, 11) is 0. The van der Waals surface area contributed by atoms with Gasteiger partial charge >= 0.3 is 0 Å². The third-order valence-corrected chi connectivity index (χ3v) is 9.34. The molecule has 2 aromatic carbocycles. The number of fused-ring (bicyclic) bond motifs is 1. The minimum absolute atomic E-state index is 0.108. The molecule has 3 aromatic rings. The first-order valence-corrected chi connectivity index (χ1v) is 15.7. The van der Waals surface area contributed by atoms with Crippen LogP contribution in [0.3, 0.4) is 0 Å². The molecule has 1 aliphatic carbocycles. The van der Waals surface area contributed by atoms with Crippen LogP contribution in [0.1, 0.15) is 65.8 Å². The molecule has 10 heteroatoms. The average molecular weight is 604 g/mol. The topological polar surface area (TPSA) is 108 Å². The van der Waals surface area contributed by atoms with Gasteiger partial charge in [-0.25, -0.2) is 0 Å². The molecule has 3 aliphatic rings. The van der Waals surface area contributed by atoms with Crippen molar-refractivity contribution in [1.82, 2.24) is 25.6 Å². The summed E-state index contributed by atoms with van der Waals surface area (Å²) in [5.74, 6) is -0.275. The van der Waals surface area contributed by atoms with Gasteiger partial charge in [-0.05, 0) is 54.5 Å². The molecule has 1 saturated carbocycles. The first kappa shape index (κ1) is 29.4. The minimum atomic E-state index is -0.750. The van der Waals surface area contributed by atoms with Crippen molar-refractivity contribution in [3.63, 3.8) is 0 Å². The Morgan fingerprint density at radius 3 is 2.51 bits per heavy atom. The van der Waals surface area contributed by atoms with Gasteiger partial charge in [-0.3, -0.25) is 14.4 Å². The maximum Gasteiger partial charge on any atom is 0.293 e. The van der Waals surface area contributed by atoms with Crippen molar-refractivity contribution in [2.45, 2.75) is 82.1 Å². The molecule has 3 unspecified atom stereocenters. The number of benzene rings is 2. The highest BCUT2D eigenvalue weighted by molar-refractivity contribution is 6.30. The van der Waals surface area contributed by atoms with Gasteiger partial charge in [0.15, 0.2) is 0 Å². The lowest BCUT2D eigenvalue weighted by atomic mass is 9.92. The van der Waals surface area contributed by atoms with E-state index >= 15 is 0 Å². The predicted molar refractivity (Wildman–Crippen MR) is 162 cm³/mol. The Morgan fingerprint density at radius 1 is 1.00 bits per heavy atom. The summed E-state index contributed by atoms with van der Waals surface area (Å²) in [6.07, 6.45) is 8.28. The lowest BCUT2D eigenvalue weighted by Crippen LogP contribution is -2.56. The molecular weight excluding hydrogens is 566 g/mol. The molecule has 3 amide bonds. The second-order valence-corrected chi connectivity index (χ2v) is 12.3. The van der Waals surface area contributed by atoms with Crippen molar-refractivity contribution >= 4 is 29.3 Å². The summed E-state index contributed by atoms with van der Waals surface area (Å²) in [5.41, 5.74) is 3.24. The fraction of sp³-hybridized carbons (Fsp3) is 0.455. The van der Waals surface area contributed by atoms with Gasteiger partial charge in [-0.2, -0.15) is 0 Å². The highest BCUT2D eigenvalue weighted by Gasteiger charge is 2.40. The molecule has 43 heavy (non-hydrogen) atoms. The largest absolute Gasteiger partial charge is 0.351 e. The number of halogens is 1. The number of nitrogens with one attached hydrogen (secondary N) is 2. The molecule has 3 atom stereocenters. The van der Waals surface area contributed by atoms with Crippen molar-refractivity contribution in [3.05, 3.63) is 88.3 Å². The number of nitrogens with zero attached hydrogens (tertiary/aromatic N) is 3. The van der Waals surface area contributed by atoms with Gasteiger partial charge in [0.1, 0.15) is 6.04 Å². The summed E-state index contributed by atoms with van der Waals surface area (Å²) < 4.78 is 5.25. The number of rotatable bonds is 8. The maximum absolute atomic E-state index is 14.1. The molecule has 0 radical (unpaired) electrons. The lowest BCUT2D eigenvalue weighted by Gasteiger charge is -2.38. The first-order chi connectivity index (χ1) is 21.0. The third-order valence-electron chi connectivity index (χ3n) is 9.09. The van der Waals surface area contributed by atoms with Gasteiger partial charge in [-0.1, -0.05) is 72.4 Å². The Hall–Kier alpha value is -3.69. The Kier molecular flexibility index (Phi) is 9.09. The van der Waals surface area contributed by atoms with E-state index in [1.54, 1.807) is 23.1 Å². The molecule has 9 nitrogen and oxygen atoms in total. The molecule has 2 N–H and O–H groups in total. The van der Waals surface area contributed by atoms with Crippen LogP contribution in [-0.4, -0.2) is 69.9 Å². The van der Waals surface area contributed by atoms with E-state index in [0.29, 0.717) is 43.9 Å². The fourth-order valence-corrected chi connectivity index (χ4v) is 6.93. The van der Waals surface area contributed by atoms with Crippen LogP contribution in [0, 0.1) is 0 Å². The number of aromatic nitrogens is 1. The molecule has 226 valence electrons. The summed E-state index contributed by atoms with van der Waals surface area (Å²) in [6.45, 7) is 1.53. The van der Waals surface area contributed by atoms with Gasteiger partial charge in [0.25, 0.3) is 5.91 Å². The standard InChI is InChI=1S/C33H38ClN5O4/c34-25-12-10-22(11-13-25)18-29(37-31(40)28-19-23-6-4-5-7-24(23)20-35-28)32(41)38-17-15-27(21-38)39(26-8-2-1-3-9-26)33(42)30-14-16-36-43-30/h4-7,10-14,16,26-29,35H,1-3,8-9,15,17-21H2,(H,37,40). The van der Waals surface area contributed by atoms with E-state index in [2.05, 4.69) is 27.9 Å². The molecule has 1 aromatic heterocycles. The van der Waals surface area contributed by atoms with Gasteiger partial charge in [0.2, 0.25) is 17.6 Å². The van der Waals surface area contributed by atoms with Crippen LogP contribution in [0.2, 0.25) is 5.02 Å². The van der Waals surface area contributed by atoms with E-state index in [1.165, 1.54) is 18.2 Å². The van der Waals surface area contributed by atoms with Crippen LogP contribution in [0.25, 0.3) is 0 Å². The lowest BCUT2D eigenvalue weighted by molar-refractivity contribution is -0.136. The second-order valence-electron chi connectivity index (χ2n) is 11.9. The van der Waals surface area contributed by atoms with Crippen LogP contribution in [0.15, 0.2) is 65.3 Å². The van der Waals surface area contributed by atoms with Gasteiger partial charge < -0.3 is 25.0 Å². The van der Waals surface area contributed by atoms with E-state index in [0.717, 1.165) is 36.8 Å². The monoisotopic (exact) mass is 603 g/mol. The van der Waals surface area contributed by atoms with Crippen molar-refractivity contribution in [2.24, 2.45) is 0 Å². The Balaban J connectivity index is 1.18. The zero-order valence-corrected chi connectivity index (χ0v) is 25.0. The van der Waals surface area contributed by atoms with Crippen molar-refractivity contribution in [1.29, 1.82) is 0 Å². The first-order valence-electron chi connectivity index (χ1n) is 15.3. The van der Waals surface area contributed by atoms with Crippen molar-refractivity contribution in [3.8, 4) is 0 Å². The Morgan fingerprint density at radius 2 is 1.77 bits per heavy atom. The summed E-state index contributed by atoms with van der Waals surface area (Å²) in [4.78, 5) is 45.0.